The number of cyclic esters (lactones) is 1. The van der Waals surface area contributed by atoms with E-state index in [0.29, 0.717) is 35.7 Å². The van der Waals surface area contributed by atoms with Crippen LogP contribution in [-0.4, -0.2) is 251 Å². The normalized spacial score (nSPS) is 22.0. The number of aliphatic hydroxyl groups is 1. The number of H-pyrrole nitrogens is 1. The molecule has 3 aromatic rings. The first-order chi connectivity index (χ1) is 51.9. The number of esters is 1. The molecule has 606 valence electrons. The number of carbonyl (C=O) groups excluding carboxylic acids is 10. The highest BCUT2D eigenvalue weighted by molar-refractivity contribution is 6.04. The van der Waals surface area contributed by atoms with E-state index in [1.807, 2.05) is 0 Å². The third kappa shape index (κ3) is 34.6. The minimum Gasteiger partial charge on any atom is -0.481 e. The average Bonchev–Trinajstić information content (AvgIpc) is 1.62. The van der Waals surface area contributed by atoms with E-state index in [1.165, 1.54) is 31.2 Å². The molecule has 1 saturated heterocycles. The summed E-state index contributed by atoms with van der Waals surface area (Å²) in [5.41, 5.74) is 18.8. The van der Waals surface area contributed by atoms with Crippen LogP contribution in [0.15, 0.2) is 54.7 Å². The zero-order valence-corrected chi connectivity index (χ0v) is 62.4. The van der Waals surface area contributed by atoms with E-state index in [-0.39, 0.29) is 102 Å². The highest BCUT2D eigenvalue weighted by Crippen LogP contribution is 2.21. The fourth-order valence-electron chi connectivity index (χ4n) is 12.2. The quantitative estimate of drug-likeness (QED) is 0.0123. The van der Waals surface area contributed by atoms with Crippen molar-refractivity contribution in [3.8, 4) is 0 Å². The molecule has 0 unspecified atom stereocenters. The fourth-order valence-corrected chi connectivity index (χ4v) is 12.2. The Labute approximate surface area is 632 Å². The summed E-state index contributed by atoms with van der Waals surface area (Å²) in [6, 6.07) is -2.35. The highest BCUT2D eigenvalue weighted by Gasteiger charge is 2.40. The molecule has 109 heavy (non-hydrogen) atoms. The van der Waals surface area contributed by atoms with Crippen LogP contribution < -0.4 is 86.3 Å². The largest absolute Gasteiger partial charge is 0.481 e. The van der Waals surface area contributed by atoms with Gasteiger partial charge in [-0.25, -0.2) is 4.79 Å². The third-order valence-corrected chi connectivity index (χ3v) is 18.2. The Hall–Kier alpha value is -9.76. The lowest BCUT2D eigenvalue weighted by atomic mass is 9.96. The fraction of sp³-hybridized carbons (Fsp3) is 0.611. The summed E-state index contributed by atoms with van der Waals surface area (Å²) in [4.78, 5) is 194. The van der Waals surface area contributed by atoms with Crippen molar-refractivity contribution in [3.05, 3.63) is 65.9 Å². The molecule has 1 fully saturated rings. The zero-order valence-electron chi connectivity index (χ0n) is 62.4. The molecule has 1 aliphatic rings. The monoisotopic (exact) mass is 1540 g/mol. The maximum atomic E-state index is 14.8. The number of aliphatic hydroxyl groups excluding tert-OH is 1. The summed E-state index contributed by atoms with van der Waals surface area (Å²) >= 11 is 0. The van der Waals surface area contributed by atoms with E-state index < -0.39 is 188 Å². The number of nitrogens with one attached hydrogen (secondary N) is 14. The van der Waals surface area contributed by atoms with Gasteiger partial charge in [0.1, 0.15) is 48.4 Å². The number of para-hydroxylation sites is 2. The van der Waals surface area contributed by atoms with E-state index in [2.05, 4.69) is 81.0 Å². The maximum Gasteiger partial charge on any atom is 0.329 e. The molecule has 0 aliphatic carbocycles. The first-order valence-corrected chi connectivity index (χ1v) is 37.0. The SMILES string of the molecule is CCCCCCCCCC(=O)N[C@@H](Cc1c[nH]c2ccccc12)C(=O)N[C@@H](CC(N)=O)C(=O)N[C@@H](CC(=O)O)C(=O)N[C@@H]1C(=O)NCCN[C@@H](CCCN)CN[C@@H](CC(=O)O)CN[C@H](C)CN[C@@H](CC(=O)O)CNCCN[C@H](CO)C(=O)N[C@@H]([C@H](C)CC(=O)O)C(=O)N[C@@H](CC(=O)c2ccccc2N)C(=O)O[C@@H]1C. The summed E-state index contributed by atoms with van der Waals surface area (Å²) in [6.45, 7) is 5.97. The van der Waals surface area contributed by atoms with Crippen LogP contribution in [0.2, 0.25) is 0 Å². The van der Waals surface area contributed by atoms with Gasteiger partial charge in [-0.3, -0.25) is 62.3 Å². The molecule has 13 atom stereocenters. The Morgan fingerprint density at radius 3 is 1.87 bits per heavy atom. The van der Waals surface area contributed by atoms with Crippen LogP contribution in [0, 0.1) is 5.92 Å². The van der Waals surface area contributed by atoms with Crippen LogP contribution in [0.5, 0.6) is 0 Å². The van der Waals surface area contributed by atoms with E-state index >= 15 is 0 Å². The number of primary amides is 1. The Balaban J connectivity index is 1.79. The molecule has 0 radical (unpaired) electrons. The molecular weight excluding hydrogens is 1420 g/mol. The van der Waals surface area contributed by atoms with Gasteiger partial charge in [0.25, 0.3) is 0 Å². The van der Waals surface area contributed by atoms with Crippen LogP contribution in [-0.2, 0) is 73.5 Å². The number of aromatic amines is 1. The number of ether oxygens (including phenoxy) is 1. The van der Waals surface area contributed by atoms with Crippen molar-refractivity contribution in [2.24, 2.45) is 17.4 Å². The zero-order chi connectivity index (χ0) is 80.5. The number of hydrogen-bond acceptors (Lipinski definition) is 24. The molecule has 37 heteroatoms. The summed E-state index contributed by atoms with van der Waals surface area (Å²) in [6.07, 6.45) is 2.30. The number of unbranched alkanes of at least 4 members (excludes halogenated alkanes) is 6. The van der Waals surface area contributed by atoms with Crippen molar-refractivity contribution in [1.82, 2.24) is 74.1 Å². The summed E-state index contributed by atoms with van der Waals surface area (Å²) in [7, 11) is 0. The van der Waals surface area contributed by atoms with Gasteiger partial charge < -0.3 is 122 Å². The number of rotatable bonds is 35. The second-order valence-corrected chi connectivity index (χ2v) is 27.4. The Kier molecular flexibility index (Phi) is 41.5. The number of Topliss-reactive ketones (excluding diaryl/α,β-unsaturated/α-hetero) is 1. The number of aromatic nitrogens is 1. The van der Waals surface area contributed by atoms with E-state index in [1.54, 1.807) is 37.4 Å². The molecule has 0 saturated carbocycles. The van der Waals surface area contributed by atoms with Crippen molar-refractivity contribution < 1.29 is 97.4 Å². The Morgan fingerprint density at radius 1 is 0.606 bits per heavy atom. The van der Waals surface area contributed by atoms with Crippen molar-refractivity contribution >= 4 is 99.5 Å². The number of carboxylic acid groups (broad SMARTS) is 4. The number of fused-ring (bicyclic) bond motifs is 1. The second-order valence-electron chi connectivity index (χ2n) is 27.4. The van der Waals surface area contributed by atoms with Gasteiger partial charge in [0, 0.05) is 124 Å². The van der Waals surface area contributed by atoms with Gasteiger partial charge in [0.15, 0.2) is 5.78 Å². The van der Waals surface area contributed by atoms with E-state index in [4.69, 9.17) is 21.9 Å². The molecule has 37 nitrogen and oxygen atoms in total. The first kappa shape index (κ1) is 91.6. The molecule has 1 aromatic heterocycles. The molecular formula is C72H113N17O20. The number of nitrogen functional groups attached to an aromatic ring is 1. The van der Waals surface area contributed by atoms with Crippen molar-refractivity contribution in [2.75, 3.05) is 71.2 Å². The average molecular weight is 1540 g/mol. The van der Waals surface area contributed by atoms with E-state index in [9.17, 15) is 92.7 Å². The molecule has 25 N–H and O–H groups in total. The molecule has 2 aromatic carbocycles. The molecule has 0 bridgehead atoms. The van der Waals surface area contributed by atoms with Gasteiger partial charge in [-0.05, 0) is 69.3 Å². The van der Waals surface area contributed by atoms with Crippen LogP contribution in [0.4, 0.5) is 5.69 Å². The van der Waals surface area contributed by atoms with Gasteiger partial charge in [-0.2, -0.15) is 0 Å². The summed E-state index contributed by atoms with van der Waals surface area (Å²) in [5.74, 6) is -17.9. The number of aliphatic carboxylic acids is 4. The van der Waals surface area contributed by atoms with Gasteiger partial charge >= 0.3 is 29.8 Å². The number of nitrogens with two attached hydrogens (primary N) is 3. The molecule has 0 spiro atoms. The van der Waals surface area contributed by atoms with E-state index in [0.717, 1.165) is 45.4 Å². The highest BCUT2D eigenvalue weighted by atomic mass is 16.5. The number of hydrogen-bond donors (Lipinski definition) is 22. The van der Waals surface area contributed by atoms with Gasteiger partial charge in [-0.1, -0.05) is 82.7 Å². The number of anilines is 1. The van der Waals surface area contributed by atoms with Gasteiger partial charge in [0.2, 0.25) is 47.3 Å². The lowest BCUT2D eigenvalue weighted by Crippen LogP contribution is -2.61. The van der Waals surface area contributed by atoms with Crippen molar-refractivity contribution in [2.45, 2.75) is 209 Å². The molecule has 8 amide bonds. The Morgan fingerprint density at radius 2 is 1.22 bits per heavy atom. The predicted molar refractivity (Wildman–Crippen MR) is 399 cm³/mol. The maximum absolute atomic E-state index is 14.8. The van der Waals surface area contributed by atoms with Crippen LogP contribution in [0.3, 0.4) is 0 Å². The molecule has 2 heterocycles. The topological polar surface area (TPSA) is 600 Å². The number of carbonyl (C=O) groups is 14. The third-order valence-electron chi connectivity index (χ3n) is 18.2. The number of benzene rings is 2. The van der Waals surface area contributed by atoms with Crippen molar-refractivity contribution in [3.63, 3.8) is 0 Å². The van der Waals surface area contributed by atoms with Crippen molar-refractivity contribution in [1.29, 1.82) is 0 Å². The summed E-state index contributed by atoms with van der Waals surface area (Å²) in [5, 5.41) is 86.9. The van der Waals surface area contributed by atoms with Crippen LogP contribution >= 0.6 is 0 Å². The standard InChI is InChI=1S/C72H113N17O20/c1-5-6-7-8-9-10-11-22-59(93)84-52(29-44-36-83-51-21-15-13-18-48(44)51)66(102)85-53(33-58(75)92)67(103)86-54(34-63(100)101)68(104)89-65-43(4)109-72(108)55(32-57(91)49-19-12-14-20-50(49)74)87-71(107)64(41(2)28-60(94)95)88-69(105)56(40-90)78-25-24-76-37-46(30-61(96)97)81-35-42(3)80-39-47(31-62(98)99)82-38-45(17-16-23-73)77-26-27-79-70(65)106/h12-15,18-21,36,41-43,45-47,52-56,64-65,76-78,80-83,90H,5-11,16-17,22-35,37-40,73-74H2,1-4H3,(H2,75,92)(H,79,106)(H,84,93)(H,85,102)(H,86,103)(H,87,107)(H,88,105)(H,89,104)(H,94,95)(H,96,97)(H,98,99)(H,100,101)/t41-,42-,43-,45+,46+,47+,52+,53+,54+,55+,56-,64+,65+/m1/s1. The lowest BCUT2D eigenvalue weighted by molar-refractivity contribution is -0.156. The molecule has 4 rings (SSSR count). The Bertz CT molecular complexity index is 3490. The van der Waals surface area contributed by atoms with Gasteiger partial charge in [-0.15, -0.1) is 0 Å². The number of carboxylic acids is 4. The molecule has 1 aliphatic heterocycles. The first-order valence-electron chi connectivity index (χ1n) is 37.0. The van der Waals surface area contributed by atoms with Gasteiger partial charge in [0.05, 0.1) is 38.7 Å². The predicted octanol–water partition coefficient (Wildman–Crippen LogP) is -2.78. The number of ketones is 1. The summed E-state index contributed by atoms with van der Waals surface area (Å²) < 4.78 is 5.84. The van der Waals surface area contributed by atoms with Crippen LogP contribution in [0.25, 0.3) is 10.9 Å². The second kappa shape index (κ2) is 49.3. The number of amides is 8. The lowest BCUT2D eigenvalue weighted by Gasteiger charge is -2.30. The minimum atomic E-state index is -2.19. The van der Waals surface area contributed by atoms with Crippen LogP contribution in [0.1, 0.15) is 146 Å². The minimum absolute atomic E-state index is 0.0440. The smallest absolute Gasteiger partial charge is 0.329 e.